The summed E-state index contributed by atoms with van der Waals surface area (Å²) in [4.78, 5) is 0. The first-order valence-electron chi connectivity index (χ1n) is 6.36. The van der Waals surface area contributed by atoms with E-state index in [4.69, 9.17) is 14.8 Å². The van der Waals surface area contributed by atoms with Crippen LogP contribution in [0.15, 0.2) is 0 Å². The van der Waals surface area contributed by atoms with Gasteiger partial charge >= 0.3 is 10.4 Å². The zero-order valence-corrected chi connectivity index (χ0v) is 13.1. The first-order valence-corrected chi connectivity index (χ1v) is 9.35. The molecule has 0 aliphatic carbocycles. The molecule has 1 heterocycles. The zero-order valence-electron chi connectivity index (χ0n) is 11.5. The van der Waals surface area contributed by atoms with Gasteiger partial charge in [-0.15, -0.1) is 0 Å². The molecule has 0 aromatic heterocycles. The van der Waals surface area contributed by atoms with Crippen molar-refractivity contribution in [2.24, 2.45) is 0 Å². The molecule has 1 saturated heterocycles. The predicted octanol–water partition coefficient (Wildman–Crippen LogP) is -4.40. The van der Waals surface area contributed by atoms with Crippen molar-refractivity contribution in [3.8, 4) is 0 Å². The summed E-state index contributed by atoms with van der Waals surface area (Å²) in [5.74, 6) is -0.166. The van der Waals surface area contributed by atoms with E-state index in [-0.39, 0.29) is 11.5 Å². The summed E-state index contributed by atoms with van der Waals surface area (Å²) in [5.41, 5.74) is 0. The van der Waals surface area contributed by atoms with Crippen LogP contribution in [0.5, 0.6) is 0 Å². The van der Waals surface area contributed by atoms with Crippen LogP contribution in [0, 0.1) is 0 Å². The SMILES string of the molecule is O=S(=O)(O)O[C@@H](CO)[C@H](O)C[S+]1C[C@H](O)[C@H](O)[C@H]1[C@H](O)CO. The van der Waals surface area contributed by atoms with Crippen LogP contribution in [-0.4, -0.2) is 104 Å². The molecule has 10 nitrogen and oxygen atoms in total. The second kappa shape index (κ2) is 8.19. The van der Waals surface area contributed by atoms with Gasteiger partial charge in [-0.2, -0.15) is 8.42 Å². The molecule has 1 aliphatic heterocycles. The van der Waals surface area contributed by atoms with E-state index in [0.29, 0.717) is 0 Å². The second-order valence-electron chi connectivity index (χ2n) is 4.96. The van der Waals surface area contributed by atoms with Gasteiger partial charge in [-0.25, -0.2) is 4.18 Å². The lowest BCUT2D eigenvalue weighted by Crippen LogP contribution is -2.46. The van der Waals surface area contributed by atoms with Gasteiger partial charge in [0.05, 0.1) is 13.2 Å². The normalized spacial score (nSPS) is 33.6. The van der Waals surface area contributed by atoms with Crippen LogP contribution in [0.3, 0.4) is 0 Å². The van der Waals surface area contributed by atoms with Gasteiger partial charge < -0.3 is 30.6 Å². The molecule has 0 saturated carbocycles. The van der Waals surface area contributed by atoms with E-state index in [0.717, 1.165) is 0 Å². The smallest absolute Gasteiger partial charge is 0.394 e. The third kappa shape index (κ3) is 5.26. The summed E-state index contributed by atoms with van der Waals surface area (Å²) in [6.45, 7) is -1.55. The van der Waals surface area contributed by atoms with E-state index < -0.39 is 70.3 Å². The van der Waals surface area contributed by atoms with Gasteiger partial charge in [-0.1, -0.05) is 0 Å². The van der Waals surface area contributed by atoms with Crippen molar-refractivity contribution in [3.05, 3.63) is 0 Å². The zero-order chi connectivity index (χ0) is 17.1. The molecule has 0 bridgehead atoms. The molecule has 0 radical (unpaired) electrons. The maximum absolute atomic E-state index is 10.6. The molecular formula is C10H21O10S2+. The first kappa shape index (κ1) is 20.0. The summed E-state index contributed by atoms with van der Waals surface area (Å²) in [6, 6.07) is 0. The van der Waals surface area contributed by atoms with Crippen molar-refractivity contribution in [2.75, 3.05) is 24.7 Å². The molecule has 22 heavy (non-hydrogen) atoms. The Morgan fingerprint density at radius 2 is 1.77 bits per heavy atom. The third-order valence-corrected chi connectivity index (χ3v) is 6.70. The number of rotatable bonds is 8. The van der Waals surface area contributed by atoms with E-state index in [2.05, 4.69) is 4.18 Å². The molecule has 12 heteroatoms. The molecule has 1 aliphatic rings. The lowest BCUT2D eigenvalue weighted by atomic mass is 10.1. The summed E-state index contributed by atoms with van der Waals surface area (Å²) >= 11 is 0. The monoisotopic (exact) mass is 365 g/mol. The maximum atomic E-state index is 10.6. The van der Waals surface area contributed by atoms with E-state index in [1.165, 1.54) is 0 Å². The second-order valence-corrected chi connectivity index (χ2v) is 8.29. The Bertz CT molecular complexity index is 443. The Morgan fingerprint density at radius 1 is 1.18 bits per heavy atom. The maximum Gasteiger partial charge on any atom is 0.397 e. The lowest BCUT2D eigenvalue weighted by Gasteiger charge is -2.22. The fourth-order valence-electron chi connectivity index (χ4n) is 2.28. The molecule has 132 valence electrons. The van der Waals surface area contributed by atoms with Gasteiger partial charge in [-0.3, -0.25) is 4.55 Å². The number of aliphatic hydroxyl groups is 6. The summed E-state index contributed by atoms with van der Waals surface area (Å²) in [7, 11) is -5.84. The fraction of sp³-hybridized carbons (Fsp3) is 1.00. The van der Waals surface area contributed by atoms with Crippen LogP contribution in [0.1, 0.15) is 0 Å². The van der Waals surface area contributed by atoms with Crippen LogP contribution >= 0.6 is 0 Å². The molecular weight excluding hydrogens is 344 g/mol. The van der Waals surface area contributed by atoms with Crippen LogP contribution in [0.4, 0.5) is 0 Å². The molecule has 1 rings (SSSR count). The predicted molar refractivity (Wildman–Crippen MR) is 75.5 cm³/mol. The number of hydrogen-bond acceptors (Lipinski definition) is 9. The Balaban J connectivity index is 2.77. The Morgan fingerprint density at radius 3 is 2.23 bits per heavy atom. The van der Waals surface area contributed by atoms with Gasteiger partial charge in [0.1, 0.15) is 42.0 Å². The molecule has 7 atom stereocenters. The van der Waals surface area contributed by atoms with Crippen LogP contribution in [0.2, 0.25) is 0 Å². The van der Waals surface area contributed by atoms with Crippen molar-refractivity contribution < 1.29 is 47.8 Å². The van der Waals surface area contributed by atoms with Crippen molar-refractivity contribution in [3.63, 3.8) is 0 Å². The minimum atomic E-state index is -4.88. The van der Waals surface area contributed by atoms with Crippen molar-refractivity contribution >= 4 is 21.3 Å². The summed E-state index contributed by atoms with van der Waals surface area (Å²) < 4.78 is 33.9. The average molecular weight is 365 g/mol. The van der Waals surface area contributed by atoms with Crippen LogP contribution in [0.25, 0.3) is 0 Å². The van der Waals surface area contributed by atoms with Gasteiger partial charge in [0.2, 0.25) is 0 Å². The van der Waals surface area contributed by atoms with E-state index >= 15 is 0 Å². The lowest BCUT2D eigenvalue weighted by molar-refractivity contribution is -0.0000662. The van der Waals surface area contributed by atoms with Gasteiger partial charge in [0.15, 0.2) is 5.25 Å². The quantitative estimate of drug-likeness (QED) is 0.164. The van der Waals surface area contributed by atoms with E-state index in [1.807, 2.05) is 0 Å². The third-order valence-electron chi connectivity index (χ3n) is 3.31. The summed E-state index contributed by atoms with van der Waals surface area (Å²) in [5, 5.41) is 56.2. The average Bonchev–Trinajstić information content (AvgIpc) is 2.69. The molecule has 1 fully saturated rings. The molecule has 0 spiro atoms. The van der Waals surface area contributed by atoms with Crippen LogP contribution < -0.4 is 0 Å². The Kier molecular flexibility index (Phi) is 7.45. The van der Waals surface area contributed by atoms with Crippen LogP contribution in [-0.2, 0) is 25.5 Å². The van der Waals surface area contributed by atoms with Gasteiger partial charge in [0.25, 0.3) is 0 Å². The van der Waals surface area contributed by atoms with Gasteiger partial charge in [-0.05, 0) is 0 Å². The molecule has 1 unspecified atom stereocenters. The van der Waals surface area contributed by atoms with Crippen molar-refractivity contribution in [1.82, 2.24) is 0 Å². The van der Waals surface area contributed by atoms with Crippen molar-refractivity contribution in [2.45, 2.75) is 35.8 Å². The largest absolute Gasteiger partial charge is 0.397 e. The molecule has 0 aromatic carbocycles. The topological polar surface area (TPSA) is 185 Å². The fourth-order valence-corrected chi connectivity index (χ4v) is 5.75. The van der Waals surface area contributed by atoms with E-state index in [9.17, 15) is 28.8 Å². The minimum absolute atomic E-state index is 0.0317. The number of aliphatic hydroxyl groups excluding tert-OH is 6. The highest BCUT2D eigenvalue weighted by atomic mass is 32.3. The Hall–Kier alpha value is -0.0200. The molecule has 0 amide bonds. The minimum Gasteiger partial charge on any atom is -0.394 e. The highest BCUT2D eigenvalue weighted by Gasteiger charge is 2.54. The number of hydrogen-bond donors (Lipinski definition) is 7. The molecule has 7 N–H and O–H groups in total. The summed E-state index contributed by atoms with van der Waals surface area (Å²) in [6.07, 6.45) is -6.92. The first-order chi connectivity index (χ1) is 10.1. The Labute approximate surface area is 130 Å². The van der Waals surface area contributed by atoms with E-state index in [1.54, 1.807) is 0 Å². The highest BCUT2D eigenvalue weighted by Crippen LogP contribution is 2.28. The van der Waals surface area contributed by atoms with Crippen molar-refractivity contribution in [1.29, 1.82) is 0 Å². The molecule has 0 aromatic rings. The highest BCUT2D eigenvalue weighted by molar-refractivity contribution is 7.97. The van der Waals surface area contributed by atoms with Gasteiger partial charge in [0, 0.05) is 10.9 Å². The standard InChI is InChI=1S/C10H20O10S2/c11-1-5(13)10-9(16)7(15)4-21(10)3-6(14)8(2-12)20-22(17,18)19/h5-16H,1-4H2/p+1/t5-,6-,7+,8+,9+,10-,21?/m1/s1.